The first-order valence-electron chi connectivity index (χ1n) is 4.68. The number of aromatic nitrogens is 4. The highest BCUT2D eigenvalue weighted by Crippen LogP contribution is 2.11. The Morgan fingerprint density at radius 3 is 3.00 bits per heavy atom. The number of thioether (sulfide) groups is 1. The molecule has 84 valence electrons. The fraction of sp³-hybridized carbons (Fsp3) is 0.333. The van der Waals surface area contributed by atoms with Crippen molar-refractivity contribution >= 4 is 17.6 Å². The molecule has 2 rings (SSSR count). The molecule has 2 aromatic rings. The lowest BCUT2D eigenvalue weighted by Crippen LogP contribution is -2.02. The molecular weight excluding hydrogens is 226 g/mol. The van der Waals surface area contributed by atoms with Crippen molar-refractivity contribution in [3.8, 4) is 0 Å². The predicted octanol–water partition coefficient (Wildman–Crippen LogP) is 1.50. The number of aryl methyl sites for hydroxylation is 1. The predicted molar refractivity (Wildman–Crippen MR) is 60.2 cm³/mol. The molecule has 0 aliphatic heterocycles. The highest BCUT2D eigenvalue weighted by atomic mass is 32.2. The lowest BCUT2D eigenvalue weighted by molar-refractivity contribution is 0.474. The maximum Gasteiger partial charge on any atom is 0.235 e. The van der Waals surface area contributed by atoms with Gasteiger partial charge in [0, 0.05) is 13.1 Å². The van der Waals surface area contributed by atoms with E-state index in [-0.39, 0.29) is 0 Å². The largest absolute Gasteiger partial charge is 0.424 e. The van der Waals surface area contributed by atoms with E-state index in [1.807, 2.05) is 6.26 Å². The van der Waals surface area contributed by atoms with Crippen LogP contribution in [0.2, 0.25) is 0 Å². The molecule has 0 saturated carbocycles. The summed E-state index contributed by atoms with van der Waals surface area (Å²) < 4.78 is 5.23. The highest BCUT2D eigenvalue weighted by Gasteiger charge is 2.02. The molecule has 0 fully saturated rings. The summed E-state index contributed by atoms with van der Waals surface area (Å²) in [5.74, 6) is 1.85. The van der Waals surface area contributed by atoms with Crippen molar-refractivity contribution in [2.24, 2.45) is 0 Å². The van der Waals surface area contributed by atoms with Gasteiger partial charge in [0.15, 0.2) is 5.16 Å². The average molecular weight is 237 g/mol. The van der Waals surface area contributed by atoms with E-state index in [0.717, 1.165) is 11.0 Å². The maximum absolute atomic E-state index is 5.23. The van der Waals surface area contributed by atoms with Crippen molar-refractivity contribution in [2.45, 2.75) is 18.6 Å². The van der Waals surface area contributed by atoms with Gasteiger partial charge in [-0.3, -0.25) is 0 Å². The quantitative estimate of drug-likeness (QED) is 0.637. The van der Waals surface area contributed by atoms with Crippen LogP contribution in [0.3, 0.4) is 0 Å². The molecule has 7 heteroatoms. The van der Waals surface area contributed by atoms with Gasteiger partial charge in [0.1, 0.15) is 5.82 Å². The molecule has 2 heterocycles. The van der Waals surface area contributed by atoms with Crippen LogP contribution in [0.4, 0.5) is 5.82 Å². The summed E-state index contributed by atoms with van der Waals surface area (Å²) >= 11 is 1.50. The van der Waals surface area contributed by atoms with Gasteiger partial charge >= 0.3 is 0 Å². The first-order chi connectivity index (χ1) is 7.78. The van der Waals surface area contributed by atoms with Gasteiger partial charge in [-0.1, -0.05) is 11.8 Å². The van der Waals surface area contributed by atoms with E-state index in [4.69, 9.17) is 4.42 Å². The summed E-state index contributed by atoms with van der Waals surface area (Å²) in [7, 11) is 0. The summed E-state index contributed by atoms with van der Waals surface area (Å²) in [6, 6.07) is 1.79. The third-order valence-corrected chi connectivity index (χ3v) is 2.37. The maximum atomic E-state index is 5.23. The van der Waals surface area contributed by atoms with E-state index in [9.17, 15) is 0 Å². The van der Waals surface area contributed by atoms with E-state index in [2.05, 4.69) is 25.5 Å². The second-order valence-corrected chi connectivity index (χ2v) is 3.77. The zero-order valence-corrected chi connectivity index (χ0v) is 9.78. The van der Waals surface area contributed by atoms with E-state index in [1.165, 1.54) is 11.8 Å². The Hall–Kier alpha value is -1.63. The molecule has 0 aliphatic carbocycles. The van der Waals surface area contributed by atoms with Gasteiger partial charge in [0.05, 0.1) is 6.54 Å². The molecule has 6 nitrogen and oxygen atoms in total. The van der Waals surface area contributed by atoms with Crippen molar-refractivity contribution in [3.05, 3.63) is 24.0 Å². The van der Waals surface area contributed by atoms with Crippen LogP contribution in [-0.2, 0) is 6.54 Å². The normalized spacial score (nSPS) is 10.4. The monoisotopic (exact) mass is 237 g/mol. The van der Waals surface area contributed by atoms with Gasteiger partial charge in [0.25, 0.3) is 0 Å². The van der Waals surface area contributed by atoms with Crippen molar-refractivity contribution in [2.75, 3.05) is 11.6 Å². The number of nitrogens with one attached hydrogen (secondary N) is 1. The summed E-state index contributed by atoms with van der Waals surface area (Å²) in [5.41, 5.74) is 0. The topological polar surface area (TPSA) is 76.7 Å². The van der Waals surface area contributed by atoms with E-state index in [0.29, 0.717) is 18.3 Å². The Morgan fingerprint density at radius 1 is 1.44 bits per heavy atom. The zero-order valence-electron chi connectivity index (χ0n) is 8.97. The Labute approximate surface area is 96.9 Å². The molecule has 0 unspecified atom stereocenters. The van der Waals surface area contributed by atoms with Crippen LogP contribution in [0.15, 0.2) is 21.8 Å². The van der Waals surface area contributed by atoms with Gasteiger partial charge in [-0.15, -0.1) is 10.2 Å². The molecule has 0 spiro atoms. The third kappa shape index (κ3) is 2.69. The van der Waals surface area contributed by atoms with Crippen molar-refractivity contribution in [3.63, 3.8) is 0 Å². The summed E-state index contributed by atoms with van der Waals surface area (Å²) in [6.07, 6.45) is 3.64. The van der Waals surface area contributed by atoms with Crippen molar-refractivity contribution < 1.29 is 4.42 Å². The fourth-order valence-corrected chi connectivity index (χ4v) is 1.47. The van der Waals surface area contributed by atoms with Crippen LogP contribution in [-0.4, -0.2) is 26.4 Å². The number of hydrogen-bond acceptors (Lipinski definition) is 7. The molecule has 0 atom stereocenters. The number of nitrogens with zero attached hydrogens (tertiary/aromatic N) is 4. The minimum absolute atomic E-state index is 0.464. The minimum Gasteiger partial charge on any atom is -0.424 e. The lowest BCUT2D eigenvalue weighted by Gasteiger charge is -2.02. The lowest BCUT2D eigenvalue weighted by atomic mass is 10.5. The molecule has 0 aliphatic rings. The van der Waals surface area contributed by atoms with Crippen molar-refractivity contribution in [1.82, 2.24) is 20.2 Å². The summed E-state index contributed by atoms with van der Waals surface area (Å²) in [5, 5.41) is 11.4. The number of anilines is 1. The van der Waals surface area contributed by atoms with Gasteiger partial charge < -0.3 is 9.73 Å². The SMILES string of the molecule is CSc1nccc(NCc2nnc(C)o2)n1. The van der Waals surface area contributed by atoms with Crippen LogP contribution in [0.1, 0.15) is 11.8 Å². The Morgan fingerprint density at radius 2 is 2.31 bits per heavy atom. The van der Waals surface area contributed by atoms with Crippen LogP contribution >= 0.6 is 11.8 Å². The molecule has 16 heavy (non-hydrogen) atoms. The van der Waals surface area contributed by atoms with Gasteiger partial charge in [-0.25, -0.2) is 9.97 Å². The molecule has 0 saturated heterocycles. The first-order valence-corrected chi connectivity index (χ1v) is 5.90. The Balaban J connectivity index is 1.99. The second kappa shape index (κ2) is 4.93. The summed E-state index contributed by atoms with van der Waals surface area (Å²) in [6.45, 7) is 2.22. The van der Waals surface area contributed by atoms with Gasteiger partial charge in [0.2, 0.25) is 11.8 Å². The van der Waals surface area contributed by atoms with Crippen LogP contribution in [0.25, 0.3) is 0 Å². The molecule has 0 aromatic carbocycles. The average Bonchev–Trinajstić information content (AvgIpc) is 2.73. The molecule has 2 aromatic heterocycles. The third-order valence-electron chi connectivity index (χ3n) is 1.80. The zero-order chi connectivity index (χ0) is 11.4. The smallest absolute Gasteiger partial charge is 0.235 e. The second-order valence-electron chi connectivity index (χ2n) is 3.00. The minimum atomic E-state index is 0.464. The van der Waals surface area contributed by atoms with E-state index >= 15 is 0 Å². The highest BCUT2D eigenvalue weighted by molar-refractivity contribution is 7.98. The van der Waals surface area contributed by atoms with Crippen LogP contribution < -0.4 is 5.32 Å². The molecule has 0 amide bonds. The molecule has 0 radical (unpaired) electrons. The molecule has 1 N–H and O–H groups in total. The van der Waals surface area contributed by atoms with E-state index in [1.54, 1.807) is 19.2 Å². The summed E-state index contributed by atoms with van der Waals surface area (Å²) in [4.78, 5) is 8.34. The van der Waals surface area contributed by atoms with Gasteiger partial charge in [-0.2, -0.15) is 0 Å². The molecule has 0 bridgehead atoms. The van der Waals surface area contributed by atoms with Crippen LogP contribution in [0, 0.1) is 6.92 Å². The Kier molecular flexibility index (Phi) is 3.35. The number of rotatable bonds is 4. The Bertz CT molecular complexity index is 472. The van der Waals surface area contributed by atoms with Gasteiger partial charge in [-0.05, 0) is 12.3 Å². The van der Waals surface area contributed by atoms with E-state index < -0.39 is 0 Å². The molecular formula is C9H11N5OS. The standard InChI is InChI=1S/C9H11N5OS/c1-6-13-14-8(15-6)5-11-7-3-4-10-9(12-7)16-2/h3-4H,5H2,1-2H3,(H,10,11,12). The fourth-order valence-electron chi connectivity index (χ4n) is 1.11. The van der Waals surface area contributed by atoms with Crippen LogP contribution in [0.5, 0.6) is 0 Å². The first kappa shape index (κ1) is 10.9. The van der Waals surface area contributed by atoms with Crippen molar-refractivity contribution in [1.29, 1.82) is 0 Å². The number of hydrogen-bond donors (Lipinski definition) is 1.